The van der Waals surface area contributed by atoms with Gasteiger partial charge in [0.15, 0.2) is 9.84 Å². The van der Waals surface area contributed by atoms with Crippen molar-refractivity contribution in [2.45, 2.75) is 20.8 Å². The predicted octanol–water partition coefficient (Wildman–Crippen LogP) is -0.00970. The first-order chi connectivity index (χ1) is 7.73. The lowest BCUT2D eigenvalue weighted by atomic mass is 10.2. The van der Waals surface area contributed by atoms with Crippen molar-refractivity contribution in [2.24, 2.45) is 5.92 Å². The van der Waals surface area contributed by atoms with Gasteiger partial charge in [0.1, 0.15) is 5.75 Å². The summed E-state index contributed by atoms with van der Waals surface area (Å²) in [6, 6.07) is 0. The van der Waals surface area contributed by atoms with Crippen molar-refractivity contribution in [3.05, 3.63) is 0 Å². The molecule has 0 aliphatic heterocycles. The molecule has 1 atom stereocenters. The van der Waals surface area contributed by atoms with E-state index in [1.54, 1.807) is 13.8 Å². The minimum Gasteiger partial charge on any atom is -0.481 e. The molecule has 1 amide bonds. The third kappa shape index (κ3) is 5.67. The monoisotopic (exact) mass is 265 g/mol. The van der Waals surface area contributed by atoms with Gasteiger partial charge < -0.3 is 10.0 Å². The Morgan fingerprint density at radius 3 is 2.06 bits per heavy atom. The number of carboxylic acids is 1. The van der Waals surface area contributed by atoms with Gasteiger partial charge in [0.05, 0.1) is 11.7 Å². The van der Waals surface area contributed by atoms with Gasteiger partial charge in [-0.3, -0.25) is 9.59 Å². The van der Waals surface area contributed by atoms with E-state index >= 15 is 0 Å². The van der Waals surface area contributed by atoms with Crippen LogP contribution >= 0.6 is 0 Å². The number of hydrogen-bond acceptors (Lipinski definition) is 4. The second-order valence-electron chi connectivity index (χ2n) is 3.86. The highest BCUT2D eigenvalue weighted by molar-refractivity contribution is 7.92. The van der Waals surface area contributed by atoms with Crippen LogP contribution in [0.15, 0.2) is 0 Å². The molecule has 0 aromatic heterocycles. The number of carbonyl (C=O) groups excluding carboxylic acids is 1. The van der Waals surface area contributed by atoms with Gasteiger partial charge in [0.25, 0.3) is 0 Å². The van der Waals surface area contributed by atoms with Crippen molar-refractivity contribution in [2.75, 3.05) is 24.6 Å². The van der Waals surface area contributed by atoms with E-state index in [-0.39, 0.29) is 0 Å². The molecule has 0 spiro atoms. The average Bonchev–Trinajstić information content (AvgIpc) is 2.17. The van der Waals surface area contributed by atoms with Crippen molar-refractivity contribution >= 4 is 21.7 Å². The second kappa shape index (κ2) is 6.58. The maximum absolute atomic E-state index is 11.6. The van der Waals surface area contributed by atoms with E-state index in [2.05, 4.69) is 0 Å². The fourth-order valence-corrected chi connectivity index (χ4v) is 2.95. The summed E-state index contributed by atoms with van der Waals surface area (Å²) in [5.74, 6) is -3.78. The van der Waals surface area contributed by atoms with Crippen molar-refractivity contribution < 1.29 is 23.1 Å². The molecule has 0 heterocycles. The molecule has 0 bridgehead atoms. The summed E-state index contributed by atoms with van der Waals surface area (Å²) in [5.41, 5.74) is 0. The number of carbonyl (C=O) groups is 2. The van der Waals surface area contributed by atoms with E-state index in [4.69, 9.17) is 5.11 Å². The van der Waals surface area contributed by atoms with Gasteiger partial charge >= 0.3 is 5.97 Å². The van der Waals surface area contributed by atoms with E-state index in [9.17, 15) is 18.0 Å². The van der Waals surface area contributed by atoms with Crippen LogP contribution in [0.25, 0.3) is 0 Å². The third-order valence-corrected chi connectivity index (χ3v) is 4.08. The van der Waals surface area contributed by atoms with E-state index in [0.29, 0.717) is 13.1 Å². The van der Waals surface area contributed by atoms with Gasteiger partial charge in [-0.05, 0) is 13.8 Å². The highest BCUT2D eigenvalue weighted by Gasteiger charge is 2.25. The Morgan fingerprint density at radius 2 is 1.71 bits per heavy atom. The molecule has 1 unspecified atom stereocenters. The summed E-state index contributed by atoms with van der Waals surface area (Å²) in [4.78, 5) is 23.5. The second-order valence-corrected chi connectivity index (χ2v) is 5.97. The van der Waals surface area contributed by atoms with Gasteiger partial charge in [-0.25, -0.2) is 8.42 Å². The molecule has 7 heteroatoms. The molecule has 0 aromatic rings. The average molecular weight is 265 g/mol. The Hall–Kier alpha value is -1.11. The molecule has 0 saturated heterocycles. The summed E-state index contributed by atoms with van der Waals surface area (Å²) < 4.78 is 23.2. The molecule has 0 aliphatic rings. The lowest BCUT2D eigenvalue weighted by Gasteiger charge is -2.18. The molecular weight excluding hydrogens is 246 g/mol. The zero-order chi connectivity index (χ0) is 13.6. The van der Waals surface area contributed by atoms with Crippen molar-refractivity contribution in [1.82, 2.24) is 4.90 Å². The summed E-state index contributed by atoms with van der Waals surface area (Å²) in [5, 5.41) is 8.62. The van der Waals surface area contributed by atoms with Crippen molar-refractivity contribution in [3.8, 4) is 0 Å². The maximum Gasteiger partial charge on any atom is 0.307 e. The molecule has 0 aromatic carbocycles. The first-order valence-electron chi connectivity index (χ1n) is 5.44. The fourth-order valence-electron chi connectivity index (χ4n) is 1.37. The van der Waals surface area contributed by atoms with Crippen LogP contribution in [0, 0.1) is 5.92 Å². The minimum absolute atomic E-state index is 0.444. The van der Waals surface area contributed by atoms with E-state index in [1.165, 1.54) is 11.8 Å². The summed E-state index contributed by atoms with van der Waals surface area (Å²) >= 11 is 0. The third-order valence-electron chi connectivity index (χ3n) is 2.39. The Bertz CT molecular complexity index is 372. The molecule has 6 nitrogen and oxygen atoms in total. The SMILES string of the molecule is CCN(CC)C(=O)CS(=O)(=O)CC(C)C(=O)O. The normalized spacial score (nSPS) is 13.1. The van der Waals surface area contributed by atoms with Crippen molar-refractivity contribution in [1.29, 1.82) is 0 Å². The molecule has 1 N–H and O–H groups in total. The smallest absolute Gasteiger partial charge is 0.307 e. The predicted molar refractivity (Wildman–Crippen MR) is 63.4 cm³/mol. The van der Waals surface area contributed by atoms with E-state index in [0.717, 1.165) is 0 Å². The molecule has 17 heavy (non-hydrogen) atoms. The summed E-state index contributed by atoms with van der Waals surface area (Å²) in [6.45, 7) is 5.71. The zero-order valence-corrected chi connectivity index (χ0v) is 11.2. The standard InChI is InChI=1S/C10H19NO5S/c1-4-11(5-2)9(12)7-17(15,16)6-8(3)10(13)14/h8H,4-7H2,1-3H3,(H,13,14). The number of aliphatic carboxylic acids is 1. The Morgan fingerprint density at radius 1 is 1.24 bits per heavy atom. The molecule has 0 radical (unpaired) electrons. The topological polar surface area (TPSA) is 91.8 Å². The van der Waals surface area contributed by atoms with Crippen LogP contribution in [-0.4, -0.2) is 54.9 Å². The molecule has 0 aliphatic carbocycles. The number of rotatable bonds is 7. The van der Waals surface area contributed by atoms with Gasteiger partial charge in [0.2, 0.25) is 5.91 Å². The van der Waals surface area contributed by atoms with Crippen LogP contribution in [0.2, 0.25) is 0 Å². The Labute approximate surface area is 102 Å². The first kappa shape index (κ1) is 15.9. The first-order valence-corrected chi connectivity index (χ1v) is 7.26. The van der Waals surface area contributed by atoms with Gasteiger partial charge in [-0.1, -0.05) is 6.92 Å². The van der Waals surface area contributed by atoms with Gasteiger partial charge in [-0.15, -0.1) is 0 Å². The van der Waals surface area contributed by atoms with Crippen LogP contribution in [-0.2, 0) is 19.4 Å². The van der Waals surface area contributed by atoms with Crippen LogP contribution in [0.1, 0.15) is 20.8 Å². The lowest BCUT2D eigenvalue weighted by Crippen LogP contribution is -2.37. The summed E-state index contributed by atoms with van der Waals surface area (Å²) in [6.07, 6.45) is 0. The number of hydrogen-bond donors (Lipinski definition) is 1. The van der Waals surface area contributed by atoms with Crippen LogP contribution in [0.5, 0.6) is 0 Å². The minimum atomic E-state index is -3.66. The number of nitrogens with zero attached hydrogens (tertiary/aromatic N) is 1. The maximum atomic E-state index is 11.6. The van der Waals surface area contributed by atoms with Gasteiger partial charge in [0, 0.05) is 13.1 Å². The number of carboxylic acid groups (broad SMARTS) is 1. The Balaban J connectivity index is 4.55. The number of sulfone groups is 1. The molecule has 0 fully saturated rings. The molecule has 0 rings (SSSR count). The zero-order valence-electron chi connectivity index (χ0n) is 10.3. The fraction of sp³-hybridized carbons (Fsp3) is 0.800. The highest BCUT2D eigenvalue weighted by atomic mass is 32.2. The van der Waals surface area contributed by atoms with Crippen LogP contribution in [0.3, 0.4) is 0 Å². The lowest BCUT2D eigenvalue weighted by molar-refractivity contribution is -0.140. The molecular formula is C10H19NO5S. The van der Waals surface area contributed by atoms with Crippen LogP contribution < -0.4 is 0 Å². The van der Waals surface area contributed by atoms with Crippen molar-refractivity contribution in [3.63, 3.8) is 0 Å². The van der Waals surface area contributed by atoms with E-state index in [1.807, 2.05) is 0 Å². The molecule has 0 saturated carbocycles. The van der Waals surface area contributed by atoms with E-state index < -0.39 is 39.1 Å². The quantitative estimate of drug-likeness (QED) is 0.699. The highest BCUT2D eigenvalue weighted by Crippen LogP contribution is 2.04. The molecule has 100 valence electrons. The Kier molecular flexibility index (Phi) is 6.15. The largest absolute Gasteiger partial charge is 0.481 e. The van der Waals surface area contributed by atoms with Gasteiger partial charge in [-0.2, -0.15) is 0 Å². The summed E-state index contributed by atoms with van der Waals surface area (Å²) in [7, 11) is -3.66. The number of amides is 1. The van der Waals surface area contributed by atoms with Crippen LogP contribution in [0.4, 0.5) is 0 Å².